The maximum Gasteiger partial charge on any atom is 0.273 e. The van der Waals surface area contributed by atoms with Gasteiger partial charge in [-0.25, -0.2) is 4.68 Å². The molecule has 3 rings (SSSR count). The van der Waals surface area contributed by atoms with E-state index >= 15 is 0 Å². The minimum atomic E-state index is -0.244. The lowest BCUT2D eigenvalue weighted by molar-refractivity contribution is 0.0945. The number of carbonyl (C=O) groups excluding carboxylic acids is 1. The largest absolute Gasteiger partial charge is 0.380 e. The summed E-state index contributed by atoms with van der Waals surface area (Å²) >= 11 is 0. The molecule has 1 N–H and O–H groups in total. The van der Waals surface area contributed by atoms with Crippen LogP contribution in [-0.2, 0) is 24.4 Å². The SMILES string of the molecule is COCc1ccccc1CNC(=O)c1cn(Cc2ccccc2)nn1. The fraction of sp³-hybridized carbons (Fsp3) is 0.211. The quantitative estimate of drug-likeness (QED) is 0.719. The van der Waals surface area contributed by atoms with E-state index in [2.05, 4.69) is 15.6 Å². The Morgan fingerprint density at radius 2 is 1.80 bits per heavy atom. The first-order chi connectivity index (χ1) is 12.3. The fourth-order valence-corrected chi connectivity index (χ4v) is 2.54. The molecule has 0 radical (unpaired) electrons. The van der Waals surface area contributed by atoms with Gasteiger partial charge in [-0.05, 0) is 16.7 Å². The number of methoxy groups -OCH3 is 1. The van der Waals surface area contributed by atoms with Crippen LogP contribution in [0.25, 0.3) is 0 Å². The molecule has 0 aliphatic rings. The molecular formula is C19H20N4O2. The molecule has 0 saturated heterocycles. The minimum Gasteiger partial charge on any atom is -0.380 e. The van der Waals surface area contributed by atoms with Crippen molar-refractivity contribution in [1.29, 1.82) is 0 Å². The molecule has 0 aliphatic heterocycles. The predicted octanol–water partition coefficient (Wildman–Crippen LogP) is 2.40. The molecule has 3 aromatic rings. The van der Waals surface area contributed by atoms with E-state index in [1.165, 1.54) is 0 Å². The van der Waals surface area contributed by atoms with Gasteiger partial charge in [0.2, 0.25) is 0 Å². The highest BCUT2D eigenvalue weighted by Crippen LogP contribution is 2.10. The maximum atomic E-state index is 12.3. The van der Waals surface area contributed by atoms with Crippen molar-refractivity contribution in [2.75, 3.05) is 7.11 Å². The molecule has 0 bridgehead atoms. The van der Waals surface area contributed by atoms with Crippen molar-refractivity contribution in [1.82, 2.24) is 20.3 Å². The second-order valence-electron chi connectivity index (χ2n) is 5.67. The summed E-state index contributed by atoms with van der Waals surface area (Å²) in [5.41, 5.74) is 3.49. The lowest BCUT2D eigenvalue weighted by Crippen LogP contribution is -2.23. The van der Waals surface area contributed by atoms with E-state index in [1.807, 2.05) is 54.6 Å². The molecule has 1 aromatic heterocycles. The summed E-state index contributed by atoms with van der Waals surface area (Å²) in [6.45, 7) is 1.51. The van der Waals surface area contributed by atoms with Crippen molar-refractivity contribution in [3.63, 3.8) is 0 Å². The third-order valence-corrected chi connectivity index (χ3v) is 3.82. The molecule has 25 heavy (non-hydrogen) atoms. The third kappa shape index (κ3) is 4.51. The molecule has 128 valence electrons. The van der Waals surface area contributed by atoms with Crippen LogP contribution in [0.15, 0.2) is 60.8 Å². The van der Waals surface area contributed by atoms with Crippen molar-refractivity contribution in [3.8, 4) is 0 Å². The van der Waals surface area contributed by atoms with E-state index in [0.717, 1.165) is 16.7 Å². The first-order valence-electron chi connectivity index (χ1n) is 8.04. The molecular weight excluding hydrogens is 316 g/mol. The molecule has 1 amide bonds. The highest BCUT2D eigenvalue weighted by molar-refractivity contribution is 5.91. The van der Waals surface area contributed by atoms with Crippen molar-refractivity contribution in [2.24, 2.45) is 0 Å². The Labute approximate surface area is 146 Å². The van der Waals surface area contributed by atoms with Crippen LogP contribution in [0.5, 0.6) is 0 Å². The second-order valence-corrected chi connectivity index (χ2v) is 5.67. The second kappa shape index (κ2) is 8.21. The van der Waals surface area contributed by atoms with E-state index in [0.29, 0.717) is 25.4 Å². The van der Waals surface area contributed by atoms with Gasteiger partial charge in [0.25, 0.3) is 5.91 Å². The first-order valence-corrected chi connectivity index (χ1v) is 8.04. The number of amides is 1. The Balaban J connectivity index is 1.61. The van der Waals surface area contributed by atoms with Crippen molar-refractivity contribution < 1.29 is 9.53 Å². The van der Waals surface area contributed by atoms with Crippen LogP contribution < -0.4 is 5.32 Å². The highest BCUT2D eigenvalue weighted by atomic mass is 16.5. The Bertz CT molecular complexity index is 830. The Morgan fingerprint density at radius 3 is 2.56 bits per heavy atom. The Kier molecular flexibility index (Phi) is 5.53. The number of rotatable bonds is 7. The van der Waals surface area contributed by atoms with Gasteiger partial charge in [0.05, 0.1) is 19.3 Å². The van der Waals surface area contributed by atoms with E-state index in [1.54, 1.807) is 18.0 Å². The van der Waals surface area contributed by atoms with Gasteiger partial charge in [-0.3, -0.25) is 4.79 Å². The maximum absolute atomic E-state index is 12.3. The van der Waals surface area contributed by atoms with Gasteiger partial charge in [-0.1, -0.05) is 59.8 Å². The molecule has 1 heterocycles. The van der Waals surface area contributed by atoms with Gasteiger partial charge in [-0.15, -0.1) is 5.10 Å². The zero-order valence-corrected chi connectivity index (χ0v) is 14.1. The van der Waals surface area contributed by atoms with Crippen LogP contribution in [0.4, 0.5) is 0 Å². The molecule has 0 saturated carbocycles. The summed E-state index contributed by atoms with van der Waals surface area (Å²) in [6, 6.07) is 17.8. The molecule has 0 spiro atoms. The van der Waals surface area contributed by atoms with E-state index in [-0.39, 0.29) is 5.91 Å². The van der Waals surface area contributed by atoms with E-state index in [9.17, 15) is 4.79 Å². The summed E-state index contributed by atoms with van der Waals surface area (Å²) in [5.74, 6) is -0.244. The van der Waals surface area contributed by atoms with Crippen LogP contribution in [0.3, 0.4) is 0 Å². The van der Waals surface area contributed by atoms with Gasteiger partial charge < -0.3 is 10.1 Å². The third-order valence-electron chi connectivity index (χ3n) is 3.82. The lowest BCUT2D eigenvalue weighted by atomic mass is 10.1. The Morgan fingerprint density at radius 1 is 1.08 bits per heavy atom. The molecule has 0 aliphatic carbocycles. The van der Waals surface area contributed by atoms with Crippen LogP contribution in [0.2, 0.25) is 0 Å². The molecule has 6 nitrogen and oxygen atoms in total. The normalized spacial score (nSPS) is 10.6. The number of aromatic nitrogens is 3. The number of nitrogens with zero attached hydrogens (tertiary/aromatic N) is 3. The van der Waals surface area contributed by atoms with E-state index in [4.69, 9.17) is 4.74 Å². The zero-order chi connectivity index (χ0) is 17.5. The van der Waals surface area contributed by atoms with Crippen LogP contribution in [0, 0.1) is 0 Å². The zero-order valence-electron chi connectivity index (χ0n) is 14.1. The first kappa shape index (κ1) is 16.9. The van der Waals surface area contributed by atoms with Gasteiger partial charge in [-0.2, -0.15) is 0 Å². The number of nitrogens with one attached hydrogen (secondary N) is 1. The standard InChI is InChI=1S/C19H20N4O2/c1-25-14-17-10-6-5-9-16(17)11-20-19(24)18-13-23(22-21-18)12-15-7-3-2-4-8-15/h2-10,13H,11-12,14H2,1H3,(H,20,24). The smallest absolute Gasteiger partial charge is 0.273 e. The topological polar surface area (TPSA) is 69.0 Å². The molecule has 0 fully saturated rings. The van der Waals surface area contributed by atoms with Crippen LogP contribution >= 0.6 is 0 Å². The summed E-state index contributed by atoms with van der Waals surface area (Å²) in [6.07, 6.45) is 1.66. The van der Waals surface area contributed by atoms with Crippen molar-refractivity contribution >= 4 is 5.91 Å². The van der Waals surface area contributed by atoms with Crippen LogP contribution in [0.1, 0.15) is 27.2 Å². The summed E-state index contributed by atoms with van der Waals surface area (Å²) in [7, 11) is 1.65. The highest BCUT2D eigenvalue weighted by Gasteiger charge is 2.11. The number of hydrogen-bond donors (Lipinski definition) is 1. The van der Waals surface area contributed by atoms with Gasteiger partial charge in [0.15, 0.2) is 5.69 Å². The summed E-state index contributed by atoms with van der Waals surface area (Å²) in [5, 5.41) is 10.9. The average Bonchev–Trinajstić information content (AvgIpc) is 3.10. The molecule has 0 unspecified atom stereocenters. The predicted molar refractivity (Wildman–Crippen MR) is 93.9 cm³/mol. The van der Waals surface area contributed by atoms with Gasteiger partial charge in [0, 0.05) is 13.7 Å². The molecule has 0 atom stereocenters. The summed E-state index contributed by atoms with van der Waals surface area (Å²) in [4.78, 5) is 12.3. The van der Waals surface area contributed by atoms with Crippen LogP contribution in [-0.4, -0.2) is 28.0 Å². The van der Waals surface area contributed by atoms with Crippen molar-refractivity contribution in [2.45, 2.75) is 19.7 Å². The number of carbonyl (C=O) groups is 1. The fourth-order valence-electron chi connectivity index (χ4n) is 2.54. The van der Waals surface area contributed by atoms with Gasteiger partial charge in [0.1, 0.15) is 0 Å². The number of benzene rings is 2. The monoisotopic (exact) mass is 336 g/mol. The Hall–Kier alpha value is -2.99. The number of ether oxygens (including phenoxy) is 1. The number of hydrogen-bond acceptors (Lipinski definition) is 4. The summed E-state index contributed by atoms with van der Waals surface area (Å²) < 4.78 is 6.84. The van der Waals surface area contributed by atoms with E-state index < -0.39 is 0 Å². The lowest BCUT2D eigenvalue weighted by Gasteiger charge is -2.09. The van der Waals surface area contributed by atoms with Crippen molar-refractivity contribution in [3.05, 3.63) is 83.2 Å². The molecule has 6 heteroatoms. The minimum absolute atomic E-state index is 0.244. The molecule has 2 aromatic carbocycles. The van der Waals surface area contributed by atoms with Gasteiger partial charge >= 0.3 is 0 Å². The average molecular weight is 336 g/mol.